The summed E-state index contributed by atoms with van der Waals surface area (Å²) in [5.74, 6) is -0.298. The summed E-state index contributed by atoms with van der Waals surface area (Å²) in [6, 6.07) is 22.6. The summed E-state index contributed by atoms with van der Waals surface area (Å²) in [4.78, 5) is 27.5. The van der Waals surface area contributed by atoms with E-state index < -0.39 is 12.1 Å². The standard InChI is InChI=1S/C24H25ClN4O2/c1-29(2)21-14-12-19(13-15-21)26-23(30)22(16-17-6-4-3-5-7-17)28-24(31)27-20-10-8-18(25)9-11-20/h3-15,22H,16H2,1-2H3,(H,26,30)(H2,27,28,31)/t22-/m1/s1. The second-order valence-corrected chi connectivity index (χ2v) is 7.71. The third-order valence-corrected chi connectivity index (χ3v) is 4.91. The highest BCUT2D eigenvalue weighted by atomic mass is 35.5. The van der Waals surface area contributed by atoms with E-state index in [-0.39, 0.29) is 5.91 Å². The van der Waals surface area contributed by atoms with E-state index >= 15 is 0 Å². The van der Waals surface area contributed by atoms with Crippen LogP contribution >= 0.6 is 11.6 Å². The lowest BCUT2D eigenvalue weighted by Gasteiger charge is -2.20. The number of halogens is 1. The molecule has 0 aromatic heterocycles. The highest BCUT2D eigenvalue weighted by Crippen LogP contribution is 2.17. The molecule has 7 heteroatoms. The average Bonchev–Trinajstić information content (AvgIpc) is 2.76. The number of carbonyl (C=O) groups is 2. The van der Waals surface area contributed by atoms with Gasteiger partial charge in [-0.15, -0.1) is 0 Å². The van der Waals surface area contributed by atoms with Crippen LogP contribution in [0.2, 0.25) is 5.02 Å². The van der Waals surface area contributed by atoms with Crippen LogP contribution < -0.4 is 20.9 Å². The molecule has 31 heavy (non-hydrogen) atoms. The van der Waals surface area contributed by atoms with Crippen LogP contribution in [0, 0.1) is 0 Å². The number of nitrogens with one attached hydrogen (secondary N) is 3. The quantitative estimate of drug-likeness (QED) is 0.499. The molecule has 0 spiro atoms. The average molecular weight is 437 g/mol. The highest BCUT2D eigenvalue weighted by Gasteiger charge is 2.21. The second kappa shape index (κ2) is 10.5. The van der Waals surface area contributed by atoms with Gasteiger partial charge in [0.1, 0.15) is 6.04 Å². The summed E-state index contributed by atoms with van der Waals surface area (Å²) < 4.78 is 0. The van der Waals surface area contributed by atoms with Crippen LogP contribution in [0.1, 0.15) is 5.56 Å². The van der Waals surface area contributed by atoms with Gasteiger partial charge in [-0.1, -0.05) is 41.9 Å². The zero-order valence-corrected chi connectivity index (χ0v) is 18.2. The molecule has 0 aliphatic heterocycles. The largest absolute Gasteiger partial charge is 0.378 e. The van der Waals surface area contributed by atoms with Crippen LogP contribution in [-0.4, -0.2) is 32.1 Å². The molecule has 3 rings (SSSR count). The first-order chi connectivity index (χ1) is 14.9. The maximum Gasteiger partial charge on any atom is 0.319 e. The number of nitrogens with zero attached hydrogens (tertiary/aromatic N) is 1. The van der Waals surface area contributed by atoms with Crippen LogP contribution in [0.5, 0.6) is 0 Å². The van der Waals surface area contributed by atoms with Crippen molar-refractivity contribution < 1.29 is 9.59 Å². The van der Waals surface area contributed by atoms with Crippen molar-refractivity contribution in [3.63, 3.8) is 0 Å². The molecule has 0 saturated heterocycles. The maximum atomic E-state index is 13.0. The van der Waals surface area contributed by atoms with Crippen LogP contribution in [0.25, 0.3) is 0 Å². The van der Waals surface area contributed by atoms with Gasteiger partial charge in [0.25, 0.3) is 0 Å². The van der Waals surface area contributed by atoms with Gasteiger partial charge in [-0.2, -0.15) is 0 Å². The molecule has 0 saturated carbocycles. The molecule has 0 unspecified atom stereocenters. The molecule has 0 radical (unpaired) electrons. The van der Waals surface area contributed by atoms with Gasteiger partial charge in [-0.05, 0) is 54.1 Å². The Morgan fingerprint density at radius 2 is 1.42 bits per heavy atom. The molecule has 0 aliphatic carbocycles. The van der Waals surface area contributed by atoms with Gasteiger partial charge in [-0.25, -0.2) is 4.79 Å². The normalized spacial score (nSPS) is 11.3. The molecular weight excluding hydrogens is 412 g/mol. The third kappa shape index (κ3) is 6.76. The Morgan fingerprint density at radius 1 is 0.839 bits per heavy atom. The molecule has 3 N–H and O–H groups in total. The van der Waals surface area contributed by atoms with E-state index in [2.05, 4.69) is 16.0 Å². The van der Waals surface area contributed by atoms with Crippen molar-refractivity contribution >= 4 is 40.6 Å². The lowest BCUT2D eigenvalue weighted by atomic mass is 10.1. The Kier molecular flexibility index (Phi) is 7.51. The van der Waals surface area contributed by atoms with Gasteiger partial charge >= 0.3 is 6.03 Å². The van der Waals surface area contributed by atoms with Gasteiger partial charge in [0.05, 0.1) is 0 Å². The summed E-state index contributed by atoms with van der Waals surface area (Å²) in [5.41, 5.74) is 3.21. The van der Waals surface area contributed by atoms with Gasteiger partial charge < -0.3 is 20.9 Å². The van der Waals surface area contributed by atoms with Crippen molar-refractivity contribution in [2.75, 3.05) is 29.6 Å². The van der Waals surface area contributed by atoms with E-state index in [9.17, 15) is 9.59 Å². The molecule has 160 valence electrons. The number of benzene rings is 3. The Balaban J connectivity index is 1.70. The maximum absolute atomic E-state index is 13.0. The van der Waals surface area contributed by atoms with Crippen molar-refractivity contribution in [3.05, 3.63) is 89.4 Å². The van der Waals surface area contributed by atoms with Crippen molar-refractivity contribution in [3.8, 4) is 0 Å². The predicted molar refractivity (Wildman–Crippen MR) is 127 cm³/mol. The summed E-state index contributed by atoms with van der Waals surface area (Å²) in [7, 11) is 3.90. The van der Waals surface area contributed by atoms with Gasteiger partial charge in [0, 0.05) is 42.6 Å². The summed E-state index contributed by atoms with van der Waals surface area (Å²) in [6.45, 7) is 0. The van der Waals surface area contributed by atoms with Crippen molar-refractivity contribution in [1.29, 1.82) is 0 Å². The molecular formula is C24H25ClN4O2. The second-order valence-electron chi connectivity index (χ2n) is 7.28. The van der Waals surface area contributed by atoms with Crippen LogP contribution in [0.15, 0.2) is 78.9 Å². The monoisotopic (exact) mass is 436 g/mol. The molecule has 3 aromatic carbocycles. The minimum atomic E-state index is -0.761. The highest BCUT2D eigenvalue weighted by molar-refractivity contribution is 6.30. The van der Waals surface area contributed by atoms with Crippen molar-refractivity contribution in [2.24, 2.45) is 0 Å². The Bertz CT molecular complexity index is 1010. The van der Waals surface area contributed by atoms with E-state index in [1.807, 2.05) is 73.6 Å². The molecule has 0 aliphatic rings. The first kappa shape index (κ1) is 22.2. The molecule has 3 aromatic rings. The minimum Gasteiger partial charge on any atom is -0.378 e. The van der Waals surface area contributed by atoms with Gasteiger partial charge in [0.2, 0.25) is 5.91 Å². The van der Waals surface area contributed by atoms with E-state index in [0.29, 0.717) is 22.8 Å². The summed E-state index contributed by atoms with van der Waals surface area (Å²) in [6.07, 6.45) is 0.358. The number of amides is 3. The predicted octanol–water partition coefficient (Wildman–Crippen LogP) is 4.78. The molecule has 0 bridgehead atoms. The number of hydrogen-bond acceptors (Lipinski definition) is 3. The molecule has 6 nitrogen and oxygen atoms in total. The number of hydrogen-bond donors (Lipinski definition) is 3. The topological polar surface area (TPSA) is 73.5 Å². The van der Waals surface area contributed by atoms with Crippen molar-refractivity contribution in [1.82, 2.24) is 5.32 Å². The van der Waals surface area contributed by atoms with Crippen molar-refractivity contribution in [2.45, 2.75) is 12.5 Å². The summed E-state index contributed by atoms with van der Waals surface area (Å²) >= 11 is 5.88. The van der Waals surface area contributed by atoms with E-state index in [4.69, 9.17) is 11.6 Å². The van der Waals surface area contributed by atoms with Crippen LogP contribution in [0.4, 0.5) is 21.9 Å². The minimum absolute atomic E-state index is 0.298. The Morgan fingerprint density at radius 3 is 2.03 bits per heavy atom. The van der Waals surface area contributed by atoms with Gasteiger partial charge in [-0.3, -0.25) is 4.79 Å². The smallest absolute Gasteiger partial charge is 0.319 e. The van der Waals surface area contributed by atoms with E-state index in [0.717, 1.165) is 11.3 Å². The first-order valence-corrected chi connectivity index (χ1v) is 10.2. The Hall–Kier alpha value is -3.51. The van der Waals surface area contributed by atoms with Crippen LogP contribution in [0.3, 0.4) is 0 Å². The first-order valence-electron chi connectivity index (χ1n) is 9.86. The number of urea groups is 1. The fourth-order valence-electron chi connectivity index (χ4n) is 2.99. The van der Waals surface area contributed by atoms with E-state index in [1.165, 1.54) is 0 Å². The fourth-order valence-corrected chi connectivity index (χ4v) is 3.12. The lowest BCUT2D eigenvalue weighted by molar-refractivity contribution is -0.117. The number of rotatable bonds is 7. The molecule has 0 fully saturated rings. The SMILES string of the molecule is CN(C)c1ccc(NC(=O)[C@@H](Cc2ccccc2)NC(=O)Nc2ccc(Cl)cc2)cc1. The van der Waals surface area contributed by atoms with Crippen LogP contribution in [-0.2, 0) is 11.2 Å². The van der Waals surface area contributed by atoms with Gasteiger partial charge in [0.15, 0.2) is 0 Å². The molecule has 3 amide bonds. The zero-order chi connectivity index (χ0) is 22.2. The Labute approximate surface area is 187 Å². The molecule has 1 atom stereocenters. The summed E-state index contributed by atoms with van der Waals surface area (Å²) in [5, 5.41) is 8.97. The number of anilines is 3. The zero-order valence-electron chi connectivity index (χ0n) is 17.4. The molecule has 0 heterocycles. The third-order valence-electron chi connectivity index (χ3n) is 4.66. The van der Waals surface area contributed by atoms with E-state index in [1.54, 1.807) is 24.3 Å². The fraction of sp³-hybridized carbons (Fsp3) is 0.167. The lowest BCUT2D eigenvalue weighted by Crippen LogP contribution is -2.46. The number of carbonyl (C=O) groups excluding carboxylic acids is 2.